The smallest absolute Gasteiger partial charge is 0.423 e. The first-order valence-corrected chi connectivity index (χ1v) is 7.86. The molecule has 136 valence electrons. The van der Waals surface area contributed by atoms with Gasteiger partial charge in [-0.05, 0) is 29.2 Å². The largest absolute Gasteiger partial charge is 0.573 e. The van der Waals surface area contributed by atoms with Gasteiger partial charge in [0.25, 0.3) is 5.91 Å². The van der Waals surface area contributed by atoms with Gasteiger partial charge in [0.2, 0.25) is 0 Å². The number of nitrogens with one attached hydrogen (secondary N) is 1. The summed E-state index contributed by atoms with van der Waals surface area (Å²) in [5, 5.41) is 12.4. The van der Waals surface area contributed by atoms with Gasteiger partial charge < -0.3 is 19.7 Å². The monoisotopic (exact) mass is 385 g/mol. The average Bonchev–Trinajstić information content (AvgIpc) is 2.92. The van der Waals surface area contributed by atoms with E-state index in [9.17, 15) is 23.0 Å². The molecule has 3 rings (SSSR count). The first kappa shape index (κ1) is 18.6. The van der Waals surface area contributed by atoms with E-state index in [0.29, 0.717) is 11.0 Å². The van der Waals surface area contributed by atoms with Crippen LogP contribution in [0.25, 0.3) is 0 Å². The third-order valence-corrected chi connectivity index (χ3v) is 4.09. The number of halogens is 4. The molecular weight excluding hydrogens is 373 g/mol. The Hall–Kier alpha value is -2.23. The lowest BCUT2D eigenvalue weighted by molar-refractivity contribution is -0.274. The highest BCUT2D eigenvalue weighted by Gasteiger charge is 2.32. The van der Waals surface area contributed by atoms with Gasteiger partial charge in [-0.3, -0.25) is 4.79 Å². The molecule has 0 unspecified atom stereocenters. The van der Waals surface area contributed by atoms with Gasteiger partial charge in [-0.25, -0.2) is 0 Å². The molecule has 1 heterocycles. The van der Waals surface area contributed by atoms with Gasteiger partial charge in [0, 0.05) is 12.1 Å². The first-order valence-electron chi connectivity index (χ1n) is 7.48. The van der Waals surface area contributed by atoms with Gasteiger partial charge in [0.15, 0.2) is 0 Å². The second kappa shape index (κ2) is 7.18. The van der Waals surface area contributed by atoms with Crippen LogP contribution in [-0.2, 0) is 17.8 Å². The van der Waals surface area contributed by atoms with Crippen LogP contribution in [0.1, 0.15) is 21.5 Å². The van der Waals surface area contributed by atoms with Crippen molar-refractivity contribution in [3.8, 4) is 5.75 Å². The first-order chi connectivity index (χ1) is 12.2. The molecule has 0 spiro atoms. The molecule has 0 saturated carbocycles. The van der Waals surface area contributed by atoms with Gasteiger partial charge in [0.1, 0.15) is 5.75 Å². The summed E-state index contributed by atoms with van der Waals surface area (Å²) in [7, 11) is -1.14. The molecule has 0 radical (unpaired) electrons. The number of carbonyl (C=O) groups excluding carboxylic acids is 1. The van der Waals surface area contributed by atoms with E-state index in [1.54, 1.807) is 0 Å². The molecule has 2 N–H and O–H groups in total. The molecule has 5 nitrogen and oxygen atoms in total. The summed E-state index contributed by atoms with van der Waals surface area (Å²) >= 11 is 6.08. The van der Waals surface area contributed by atoms with Crippen molar-refractivity contribution in [1.82, 2.24) is 5.32 Å². The van der Waals surface area contributed by atoms with Crippen LogP contribution in [0.5, 0.6) is 5.75 Å². The fourth-order valence-electron chi connectivity index (χ4n) is 2.56. The minimum Gasteiger partial charge on any atom is -0.423 e. The quantitative estimate of drug-likeness (QED) is 0.793. The van der Waals surface area contributed by atoms with Crippen LogP contribution in [0.15, 0.2) is 36.4 Å². The van der Waals surface area contributed by atoms with Crippen LogP contribution in [0.3, 0.4) is 0 Å². The van der Waals surface area contributed by atoms with E-state index in [1.165, 1.54) is 30.3 Å². The zero-order valence-electron chi connectivity index (χ0n) is 13.1. The highest BCUT2D eigenvalue weighted by molar-refractivity contribution is 6.61. The number of para-hydroxylation sites is 1. The van der Waals surface area contributed by atoms with Gasteiger partial charge in [-0.2, -0.15) is 0 Å². The van der Waals surface area contributed by atoms with Gasteiger partial charge in [-0.15, -0.1) is 13.2 Å². The number of rotatable bonds is 4. The minimum absolute atomic E-state index is 0.0872. The number of alkyl halides is 3. The maximum atomic E-state index is 12.4. The summed E-state index contributed by atoms with van der Waals surface area (Å²) in [5.74, 6) is -0.997. The Morgan fingerprint density at radius 3 is 2.81 bits per heavy atom. The molecule has 0 saturated heterocycles. The van der Waals surface area contributed by atoms with E-state index < -0.39 is 25.1 Å². The Bertz CT molecular complexity index is 847. The van der Waals surface area contributed by atoms with Crippen molar-refractivity contribution in [2.24, 2.45) is 0 Å². The Balaban J connectivity index is 1.75. The summed E-state index contributed by atoms with van der Waals surface area (Å²) < 4.78 is 46.3. The van der Waals surface area contributed by atoms with Gasteiger partial charge in [0.05, 0.1) is 17.2 Å². The second-order valence-electron chi connectivity index (χ2n) is 5.53. The lowest BCUT2D eigenvalue weighted by Crippen LogP contribution is -2.31. The summed E-state index contributed by atoms with van der Waals surface area (Å²) in [5.41, 5.74) is 1.34. The third kappa shape index (κ3) is 4.12. The zero-order chi connectivity index (χ0) is 18.9. The van der Waals surface area contributed by atoms with E-state index in [0.717, 1.165) is 6.07 Å². The molecule has 1 amide bonds. The summed E-state index contributed by atoms with van der Waals surface area (Å²) in [6.45, 7) is -0.0160. The van der Waals surface area contributed by atoms with E-state index in [4.69, 9.17) is 16.3 Å². The van der Waals surface area contributed by atoms with Gasteiger partial charge in [-0.1, -0.05) is 29.8 Å². The minimum atomic E-state index is -4.83. The predicted molar refractivity (Wildman–Crippen MR) is 88.1 cm³/mol. The standard InChI is InChI=1S/C16H12BClF3NO4/c18-13-5-10-8-25-17(24)12(10)6-11(13)15(23)22-7-9-3-1-2-4-14(9)26-16(19,20)21/h1-6,24H,7-8H2,(H,22,23). The van der Waals surface area contributed by atoms with Crippen LogP contribution in [0, 0.1) is 0 Å². The third-order valence-electron chi connectivity index (χ3n) is 3.77. The molecular formula is C16H12BClF3NO4. The van der Waals surface area contributed by atoms with E-state index in [-0.39, 0.29) is 29.3 Å². The fraction of sp³-hybridized carbons (Fsp3) is 0.188. The van der Waals surface area contributed by atoms with Gasteiger partial charge >= 0.3 is 13.5 Å². The summed E-state index contributed by atoms with van der Waals surface area (Å²) in [4.78, 5) is 12.4. The average molecular weight is 386 g/mol. The molecule has 0 bridgehead atoms. The normalized spacial score (nSPS) is 13.5. The highest BCUT2D eigenvalue weighted by atomic mass is 35.5. The molecule has 10 heteroatoms. The van der Waals surface area contributed by atoms with Crippen molar-refractivity contribution in [2.45, 2.75) is 19.5 Å². The SMILES string of the molecule is O=C(NCc1ccccc1OC(F)(F)F)c1cc2c(cc1Cl)COB2O. The number of amides is 1. The molecule has 2 aromatic rings. The van der Waals surface area contributed by atoms with E-state index in [1.807, 2.05) is 0 Å². The number of ether oxygens (including phenoxy) is 1. The maximum absolute atomic E-state index is 12.4. The van der Waals surface area contributed by atoms with Crippen molar-refractivity contribution in [3.05, 3.63) is 58.1 Å². The molecule has 0 aliphatic carbocycles. The van der Waals surface area contributed by atoms with Crippen LogP contribution >= 0.6 is 11.6 Å². The van der Waals surface area contributed by atoms with E-state index >= 15 is 0 Å². The molecule has 0 aromatic heterocycles. The Kier molecular flexibility index (Phi) is 5.13. The lowest BCUT2D eigenvalue weighted by atomic mass is 9.78. The number of hydrogen-bond donors (Lipinski definition) is 2. The molecule has 26 heavy (non-hydrogen) atoms. The lowest BCUT2D eigenvalue weighted by Gasteiger charge is -2.14. The van der Waals surface area contributed by atoms with E-state index in [2.05, 4.69) is 10.1 Å². The van der Waals surface area contributed by atoms with Crippen molar-refractivity contribution in [1.29, 1.82) is 0 Å². The molecule has 1 aliphatic rings. The highest BCUT2D eigenvalue weighted by Crippen LogP contribution is 2.26. The number of fused-ring (bicyclic) bond motifs is 1. The Morgan fingerprint density at radius 2 is 2.08 bits per heavy atom. The molecule has 0 fully saturated rings. The van der Waals surface area contributed by atoms with Crippen LogP contribution in [0.2, 0.25) is 5.02 Å². The fourth-order valence-corrected chi connectivity index (χ4v) is 2.84. The Labute approximate surface area is 151 Å². The predicted octanol–water partition coefficient (Wildman–Crippen LogP) is 2.39. The molecule has 2 aromatic carbocycles. The van der Waals surface area contributed by atoms with Crippen LogP contribution in [-0.4, -0.2) is 24.4 Å². The zero-order valence-corrected chi connectivity index (χ0v) is 13.9. The van der Waals surface area contributed by atoms with Crippen LogP contribution < -0.4 is 15.5 Å². The van der Waals surface area contributed by atoms with Crippen molar-refractivity contribution >= 4 is 30.1 Å². The topological polar surface area (TPSA) is 67.8 Å². The second-order valence-corrected chi connectivity index (χ2v) is 5.94. The summed E-state index contributed by atoms with van der Waals surface area (Å²) in [6.07, 6.45) is -4.83. The maximum Gasteiger partial charge on any atom is 0.573 e. The van der Waals surface area contributed by atoms with Crippen molar-refractivity contribution in [2.75, 3.05) is 0 Å². The van der Waals surface area contributed by atoms with Crippen LogP contribution in [0.4, 0.5) is 13.2 Å². The van der Waals surface area contributed by atoms with Crippen molar-refractivity contribution in [3.63, 3.8) is 0 Å². The molecule has 1 aliphatic heterocycles. The number of benzene rings is 2. The molecule has 0 atom stereocenters. The summed E-state index contributed by atoms with van der Waals surface area (Å²) in [6, 6.07) is 8.41. The number of carbonyl (C=O) groups is 1. The number of hydrogen-bond acceptors (Lipinski definition) is 4. The Morgan fingerprint density at radius 1 is 1.35 bits per heavy atom. The van der Waals surface area contributed by atoms with Crippen molar-refractivity contribution < 1.29 is 32.4 Å².